The molecule has 0 saturated carbocycles. The first kappa shape index (κ1) is 14.4. The third kappa shape index (κ3) is 3.50. The van der Waals surface area contributed by atoms with Gasteiger partial charge in [-0.05, 0) is 42.9 Å². The van der Waals surface area contributed by atoms with Crippen molar-refractivity contribution in [1.29, 1.82) is 0 Å². The first-order valence-electron chi connectivity index (χ1n) is 7.83. The lowest BCUT2D eigenvalue weighted by molar-refractivity contribution is 0.381. The molecule has 0 amide bonds. The summed E-state index contributed by atoms with van der Waals surface area (Å²) in [4.78, 5) is 0. The van der Waals surface area contributed by atoms with Crippen LogP contribution in [0.3, 0.4) is 0 Å². The van der Waals surface area contributed by atoms with Gasteiger partial charge in [0.1, 0.15) is 5.75 Å². The van der Waals surface area contributed by atoms with Crippen molar-refractivity contribution in [1.82, 2.24) is 5.32 Å². The van der Waals surface area contributed by atoms with Crippen molar-refractivity contribution in [3.8, 4) is 5.75 Å². The Bertz CT molecular complexity index is 402. The van der Waals surface area contributed by atoms with Gasteiger partial charge in [-0.3, -0.25) is 0 Å². The summed E-state index contributed by atoms with van der Waals surface area (Å²) in [6.07, 6.45) is 8.47. The summed E-state index contributed by atoms with van der Waals surface area (Å²) in [6.45, 7) is 4.51. The van der Waals surface area contributed by atoms with Crippen molar-refractivity contribution in [3.05, 3.63) is 29.3 Å². The summed E-state index contributed by atoms with van der Waals surface area (Å²) in [5, 5.41) is 13.7. The molecule has 2 unspecified atom stereocenters. The fourth-order valence-corrected chi connectivity index (χ4v) is 3.20. The fourth-order valence-electron chi connectivity index (χ4n) is 3.20. The minimum Gasteiger partial charge on any atom is -0.508 e. The predicted octanol–water partition coefficient (Wildman–Crippen LogP) is 4.33. The Balaban J connectivity index is 2.02. The molecular formula is C17H27NO. The number of hydrogen-bond donors (Lipinski definition) is 2. The fraction of sp³-hybridized carbons (Fsp3) is 0.647. The largest absolute Gasteiger partial charge is 0.508 e. The average molecular weight is 261 g/mol. The molecule has 1 aliphatic rings. The minimum absolute atomic E-state index is 0.440. The highest BCUT2D eigenvalue weighted by atomic mass is 16.3. The number of nitrogens with one attached hydrogen (secondary N) is 1. The SMILES string of the molecule is CCCCC(CCC)NC1CCc2c(O)cccc21. The molecule has 0 spiro atoms. The van der Waals surface area contributed by atoms with E-state index in [1.54, 1.807) is 0 Å². The highest BCUT2D eigenvalue weighted by molar-refractivity contribution is 5.44. The molecule has 0 aliphatic heterocycles. The van der Waals surface area contributed by atoms with Crippen LogP contribution in [0.5, 0.6) is 5.75 Å². The molecule has 1 aromatic carbocycles. The molecule has 0 aromatic heterocycles. The Kier molecular flexibility index (Phi) is 5.26. The first-order chi connectivity index (χ1) is 9.26. The third-order valence-corrected chi connectivity index (χ3v) is 4.23. The number of unbranched alkanes of at least 4 members (excludes halogenated alkanes) is 1. The number of benzene rings is 1. The maximum Gasteiger partial charge on any atom is 0.119 e. The van der Waals surface area contributed by atoms with Crippen molar-refractivity contribution >= 4 is 0 Å². The Morgan fingerprint density at radius 3 is 2.84 bits per heavy atom. The molecule has 2 heteroatoms. The molecule has 1 aromatic rings. The average Bonchev–Trinajstić information content (AvgIpc) is 2.81. The van der Waals surface area contributed by atoms with Gasteiger partial charge in [0.25, 0.3) is 0 Å². The second kappa shape index (κ2) is 6.95. The molecule has 0 bridgehead atoms. The number of phenolic OH excluding ortho intramolecular Hbond substituents is 1. The highest BCUT2D eigenvalue weighted by Gasteiger charge is 2.26. The molecule has 106 valence electrons. The van der Waals surface area contributed by atoms with Gasteiger partial charge >= 0.3 is 0 Å². The molecule has 0 saturated heterocycles. The van der Waals surface area contributed by atoms with Gasteiger partial charge in [-0.25, -0.2) is 0 Å². The van der Waals surface area contributed by atoms with Crippen LogP contribution in [0.15, 0.2) is 18.2 Å². The molecule has 0 fully saturated rings. The number of fused-ring (bicyclic) bond motifs is 1. The summed E-state index contributed by atoms with van der Waals surface area (Å²) < 4.78 is 0. The van der Waals surface area contributed by atoms with Gasteiger partial charge in [0.05, 0.1) is 0 Å². The van der Waals surface area contributed by atoms with Crippen LogP contribution in [-0.2, 0) is 6.42 Å². The quantitative estimate of drug-likeness (QED) is 0.765. The Labute approximate surface area is 117 Å². The molecular weight excluding hydrogens is 234 g/mol. The maximum atomic E-state index is 9.90. The van der Waals surface area contributed by atoms with Crippen LogP contribution < -0.4 is 5.32 Å². The van der Waals surface area contributed by atoms with Crippen LogP contribution in [0.4, 0.5) is 0 Å². The zero-order valence-electron chi connectivity index (χ0n) is 12.3. The second-order valence-corrected chi connectivity index (χ2v) is 5.73. The van der Waals surface area contributed by atoms with Crippen LogP contribution in [0.2, 0.25) is 0 Å². The van der Waals surface area contributed by atoms with E-state index in [1.165, 1.54) is 37.7 Å². The van der Waals surface area contributed by atoms with Crippen molar-refractivity contribution in [2.45, 2.75) is 70.9 Å². The standard InChI is InChI=1S/C17H27NO/c1-3-5-8-13(7-4-2)18-16-12-11-15-14(16)9-6-10-17(15)19/h6,9-10,13,16,18-19H,3-5,7-8,11-12H2,1-2H3. The zero-order chi connectivity index (χ0) is 13.7. The third-order valence-electron chi connectivity index (χ3n) is 4.23. The van der Waals surface area contributed by atoms with Crippen LogP contribution >= 0.6 is 0 Å². The Morgan fingerprint density at radius 2 is 2.11 bits per heavy atom. The van der Waals surface area contributed by atoms with Crippen molar-refractivity contribution < 1.29 is 5.11 Å². The van der Waals surface area contributed by atoms with E-state index in [0.717, 1.165) is 18.4 Å². The second-order valence-electron chi connectivity index (χ2n) is 5.73. The summed E-state index contributed by atoms with van der Waals surface area (Å²) in [6, 6.07) is 7.01. The number of rotatable bonds is 7. The minimum atomic E-state index is 0.440. The van der Waals surface area contributed by atoms with Gasteiger partial charge in [0, 0.05) is 12.1 Å². The van der Waals surface area contributed by atoms with E-state index in [-0.39, 0.29) is 0 Å². The lowest BCUT2D eigenvalue weighted by Gasteiger charge is -2.23. The van der Waals surface area contributed by atoms with Gasteiger partial charge in [-0.1, -0.05) is 45.2 Å². The predicted molar refractivity (Wildman–Crippen MR) is 80.5 cm³/mol. The number of hydrogen-bond acceptors (Lipinski definition) is 2. The van der Waals surface area contributed by atoms with Crippen LogP contribution in [0.1, 0.15) is 69.5 Å². The van der Waals surface area contributed by atoms with Crippen LogP contribution in [0.25, 0.3) is 0 Å². The highest BCUT2D eigenvalue weighted by Crippen LogP contribution is 2.36. The summed E-state index contributed by atoms with van der Waals surface area (Å²) in [5.74, 6) is 0.474. The van der Waals surface area contributed by atoms with Crippen molar-refractivity contribution in [2.75, 3.05) is 0 Å². The van der Waals surface area contributed by atoms with E-state index in [1.807, 2.05) is 12.1 Å². The van der Waals surface area contributed by atoms with E-state index < -0.39 is 0 Å². The molecule has 2 rings (SSSR count). The molecule has 0 heterocycles. The molecule has 19 heavy (non-hydrogen) atoms. The van der Waals surface area contributed by atoms with Gasteiger partial charge in [0.2, 0.25) is 0 Å². The maximum absolute atomic E-state index is 9.90. The first-order valence-corrected chi connectivity index (χ1v) is 7.83. The zero-order valence-corrected chi connectivity index (χ0v) is 12.3. The Morgan fingerprint density at radius 1 is 1.26 bits per heavy atom. The van der Waals surface area contributed by atoms with E-state index >= 15 is 0 Å². The number of phenols is 1. The summed E-state index contributed by atoms with van der Waals surface area (Å²) >= 11 is 0. The summed E-state index contributed by atoms with van der Waals surface area (Å²) in [7, 11) is 0. The van der Waals surface area contributed by atoms with Gasteiger partial charge < -0.3 is 10.4 Å². The molecule has 0 radical (unpaired) electrons. The molecule has 1 aliphatic carbocycles. The molecule has 2 N–H and O–H groups in total. The van der Waals surface area contributed by atoms with Crippen molar-refractivity contribution in [3.63, 3.8) is 0 Å². The molecule has 2 nitrogen and oxygen atoms in total. The smallest absolute Gasteiger partial charge is 0.119 e. The van der Waals surface area contributed by atoms with Crippen LogP contribution in [-0.4, -0.2) is 11.1 Å². The van der Waals surface area contributed by atoms with E-state index in [2.05, 4.69) is 25.2 Å². The number of aromatic hydroxyl groups is 1. The summed E-state index contributed by atoms with van der Waals surface area (Å²) in [5.41, 5.74) is 2.48. The Hall–Kier alpha value is -1.02. The van der Waals surface area contributed by atoms with E-state index in [9.17, 15) is 5.11 Å². The van der Waals surface area contributed by atoms with E-state index in [0.29, 0.717) is 17.8 Å². The van der Waals surface area contributed by atoms with Gasteiger partial charge in [0.15, 0.2) is 0 Å². The molecule has 2 atom stereocenters. The lowest BCUT2D eigenvalue weighted by Crippen LogP contribution is -2.31. The van der Waals surface area contributed by atoms with Gasteiger partial charge in [-0.2, -0.15) is 0 Å². The van der Waals surface area contributed by atoms with Crippen LogP contribution in [0, 0.1) is 0 Å². The lowest BCUT2D eigenvalue weighted by atomic mass is 10.0. The monoisotopic (exact) mass is 261 g/mol. The van der Waals surface area contributed by atoms with Gasteiger partial charge in [-0.15, -0.1) is 0 Å². The van der Waals surface area contributed by atoms with Crippen molar-refractivity contribution in [2.24, 2.45) is 0 Å². The van der Waals surface area contributed by atoms with E-state index in [4.69, 9.17) is 0 Å². The normalized spacial score (nSPS) is 19.4. The topological polar surface area (TPSA) is 32.3 Å².